The van der Waals surface area contributed by atoms with Crippen molar-refractivity contribution in [3.05, 3.63) is 18.5 Å². The van der Waals surface area contributed by atoms with Crippen LogP contribution in [0.1, 0.15) is 32.6 Å². The van der Waals surface area contributed by atoms with Gasteiger partial charge in [-0.15, -0.1) is 0 Å². The van der Waals surface area contributed by atoms with Crippen molar-refractivity contribution in [1.29, 1.82) is 0 Å². The highest BCUT2D eigenvalue weighted by atomic mass is 16.3. The normalized spacial score (nSPS) is 26.1. The van der Waals surface area contributed by atoms with E-state index < -0.39 is 0 Å². The molecule has 1 aliphatic rings. The monoisotopic (exact) mass is 251 g/mol. The van der Waals surface area contributed by atoms with Crippen molar-refractivity contribution < 1.29 is 5.11 Å². The number of aromatic nitrogens is 2. The van der Waals surface area contributed by atoms with E-state index in [0.29, 0.717) is 13.1 Å². The molecule has 4 nitrogen and oxygen atoms in total. The summed E-state index contributed by atoms with van der Waals surface area (Å²) in [5.41, 5.74) is 0. The summed E-state index contributed by atoms with van der Waals surface area (Å²) in [5.74, 6) is 1.62. The van der Waals surface area contributed by atoms with Crippen molar-refractivity contribution in [3.8, 4) is 0 Å². The van der Waals surface area contributed by atoms with E-state index in [1.165, 1.54) is 25.7 Å². The van der Waals surface area contributed by atoms with Gasteiger partial charge in [0.05, 0.1) is 12.6 Å². The Morgan fingerprint density at radius 2 is 2.28 bits per heavy atom. The van der Waals surface area contributed by atoms with Crippen LogP contribution in [0.3, 0.4) is 0 Å². The Morgan fingerprint density at radius 3 is 3.00 bits per heavy atom. The van der Waals surface area contributed by atoms with Crippen molar-refractivity contribution in [2.45, 2.75) is 45.3 Å². The molecular formula is C14H25N3O. The first-order valence-corrected chi connectivity index (χ1v) is 7.12. The van der Waals surface area contributed by atoms with Gasteiger partial charge in [-0.3, -0.25) is 4.68 Å². The van der Waals surface area contributed by atoms with Crippen LogP contribution in [0.25, 0.3) is 0 Å². The fourth-order valence-electron chi connectivity index (χ4n) is 2.82. The first-order valence-electron chi connectivity index (χ1n) is 7.12. The first-order chi connectivity index (χ1) is 8.75. The number of aliphatic hydroxyl groups is 1. The molecule has 0 bridgehead atoms. The van der Waals surface area contributed by atoms with Crippen molar-refractivity contribution in [2.75, 3.05) is 13.1 Å². The second-order valence-corrected chi connectivity index (χ2v) is 5.56. The summed E-state index contributed by atoms with van der Waals surface area (Å²) in [7, 11) is 0. The molecule has 18 heavy (non-hydrogen) atoms. The molecule has 3 unspecified atom stereocenters. The summed E-state index contributed by atoms with van der Waals surface area (Å²) >= 11 is 0. The Labute approximate surface area is 109 Å². The third-order valence-corrected chi connectivity index (χ3v) is 4.03. The highest BCUT2D eigenvalue weighted by molar-refractivity contribution is 4.79. The molecule has 0 saturated heterocycles. The summed E-state index contributed by atoms with van der Waals surface area (Å²) in [5, 5.41) is 17.4. The molecule has 1 heterocycles. The largest absolute Gasteiger partial charge is 0.390 e. The van der Waals surface area contributed by atoms with Gasteiger partial charge in [-0.1, -0.05) is 26.2 Å². The van der Waals surface area contributed by atoms with Crippen LogP contribution in [0, 0.1) is 11.8 Å². The molecular weight excluding hydrogens is 226 g/mol. The van der Waals surface area contributed by atoms with Crippen LogP contribution < -0.4 is 5.32 Å². The molecule has 1 aromatic rings. The first kappa shape index (κ1) is 13.6. The fraction of sp³-hybridized carbons (Fsp3) is 0.786. The van der Waals surface area contributed by atoms with E-state index in [4.69, 9.17) is 0 Å². The molecule has 1 saturated carbocycles. The zero-order chi connectivity index (χ0) is 12.8. The molecule has 102 valence electrons. The van der Waals surface area contributed by atoms with Crippen molar-refractivity contribution in [1.82, 2.24) is 15.1 Å². The molecule has 0 spiro atoms. The summed E-state index contributed by atoms with van der Waals surface area (Å²) in [6.07, 6.45) is 8.72. The minimum Gasteiger partial charge on any atom is -0.390 e. The number of aliphatic hydroxyl groups excluding tert-OH is 1. The van der Waals surface area contributed by atoms with Gasteiger partial charge in [0.2, 0.25) is 0 Å². The molecule has 2 N–H and O–H groups in total. The third-order valence-electron chi connectivity index (χ3n) is 4.03. The zero-order valence-corrected chi connectivity index (χ0v) is 11.3. The highest BCUT2D eigenvalue weighted by Gasteiger charge is 2.20. The maximum atomic E-state index is 9.89. The van der Waals surface area contributed by atoms with E-state index in [0.717, 1.165) is 18.4 Å². The molecule has 1 aromatic heterocycles. The van der Waals surface area contributed by atoms with Crippen molar-refractivity contribution in [3.63, 3.8) is 0 Å². The molecule has 0 radical (unpaired) electrons. The highest BCUT2D eigenvalue weighted by Crippen LogP contribution is 2.28. The molecule has 4 heteroatoms. The summed E-state index contributed by atoms with van der Waals surface area (Å²) in [6.45, 7) is 4.62. The SMILES string of the molecule is CC1CCCCC1CNCC(O)Cn1cccn1. The lowest BCUT2D eigenvalue weighted by atomic mass is 9.80. The van der Waals surface area contributed by atoms with E-state index in [1.807, 2.05) is 12.3 Å². The summed E-state index contributed by atoms with van der Waals surface area (Å²) in [4.78, 5) is 0. The maximum absolute atomic E-state index is 9.89. The van der Waals surface area contributed by atoms with Gasteiger partial charge in [0, 0.05) is 18.9 Å². The van der Waals surface area contributed by atoms with Gasteiger partial charge in [-0.25, -0.2) is 0 Å². The van der Waals surface area contributed by atoms with Crippen LogP contribution in [-0.4, -0.2) is 34.1 Å². The Morgan fingerprint density at radius 1 is 1.44 bits per heavy atom. The lowest BCUT2D eigenvalue weighted by Crippen LogP contribution is -2.35. The van der Waals surface area contributed by atoms with E-state index >= 15 is 0 Å². The average molecular weight is 251 g/mol. The second kappa shape index (κ2) is 6.90. The fourth-order valence-corrected chi connectivity index (χ4v) is 2.82. The molecule has 0 aromatic carbocycles. The number of nitrogens with zero attached hydrogens (tertiary/aromatic N) is 2. The van der Waals surface area contributed by atoms with Crippen LogP contribution >= 0.6 is 0 Å². The lowest BCUT2D eigenvalue weighted by Gasteiger charge is -2.29. The van der Waals surface area contributed by atoms with Crippen LogP contribution in [-0.2, 0) is 6.54 Å². The summed E-state index contributed by atoms with van der Waals surface area (Å²) < 4.78 is 1.77. The Hall–Kier alpha value is -0.870. The smallest absolute Gasteiger partial charge is 0.0860 e. The van der Waals surface area contributed by atoms with E-state index in [9.17, 15) is 5.11 Å². The van der Waals surface area contributed by atoms with E-state index in [2.05, 4.69) is 17.3 Å². The van der Waals surface area contributed by atoms with Crippen LogP contribution in [0.15, 0.2) is 18.5 Å². The van der Waals surface area contributed by atoms with Gasteiger partial charge in [-0.05, 0) is 30.9 Å². The maximum Gasteiger partial charge on any atom is 0.0860 e. The van der Waals surface area contributed by atoms with E-state index in [1.54, 1.807) is 10.9 Å². The second-order valence-electron chi connectivity index (χ2n) is 5.56. The lowest BCUT2D eigenvalue weighted by molar-refractivity contribution is 0.141. The standard InChI is InChI=1S/C14H25N3O/c1-12-5-2-3-6-13(12)9-15-10-14(18)11-17-8-4-7-16-17/h4,7-8,12-15,18H,2-3,5-6,9-11H2,1H3. The molecule has 3 atom stereocenters. The van der Waals surface area contributed by atoms with Gasteiger partial charge >= 0.3 is 0 Å². The Kier molecular flexibility index (Phi) is 5.20. The third kappa shape index (κ3) is 4.10. The topological polar surface area (TPSA) is 50.1 Å². The van der Waals surface area contributed by atoms with Gasteiger partial charge in [0.25, 0.3) is 0 Å². The molecule has 0 aliphatic heterocycles. The molecule has 2 rings (SSSR count). The minimum absolute atomic E-state index is 0.358. The van der Waals surface area contributed by atoms with E-state index in [-0.39, 0.29) is 6.10 Å². The number of rotatable bonds is 6. The van der Waals surface area contributed by atoms with Crippen LogP contribution in [0.5, 0.6) is 0 Å². The number of nitrogens with one attached hydrogen (secondary N) is 1. The van der Waals surface area contributed by atoms with Gasteiger partial charge in [0.1, 0.15) is 0 Å². The van der Waals surface area contributed by atoms with Crippen molar-refractivity contribution in [2.24, 2.45) is 11.8 Å². The molecule has 0 amide bonds. The molecule has 1 aliphatic carbocycles. The van der Waals surface area contributed by atoms with Gasteiger partial charge in [-0.2, -0.15) is 5.10 Å². The number of hydrogen-bond acceptors (Lipinski definition) is 3. The number of hydrogen-bond donors (Lipinski definition) is 2. The predicted octanol–water partition coefficient (Wildman–Crippen LogP) is 1.66. The Bertz CT molecular complexity index is 326. The quantitative estimate of drug-likeness (QED) is 0.808. The van der Waals surface area contributed by atoms with Gasteiger partial charge < -0.3 is 10.4 Å². The van der Waals surface area contributed by atoms with Crippen LogP contribution in [0.4, 0.5) is 0 Å². The summed E-state index contributed by atoms with van der Waals surface area (Å²) in [6, 6.07) is 1.88. The molecule has 1 fully saturated rings. The van der Waals surface area contributed by atoms with Crippen LogP contribution in [0.2, 0.25) is 0 Å². The van der Waals surface area contributed by atoms with Gasteiger partial charge in [0.15, 0.2) is 0 Å². The minimum atomic E-state index is -0.358. The average Bonchev–Trinajstić information content (AvgIpc) is 2.84. The van der Waals surface area contributed by atoms with Crippen molar-refractivity contribution >= 4 is 0 Å². The predicted molar refractivity (Wildman–Crippen MR) is 72.2 cm³/mol. The Balaban J connectivity index is 1.62. The zero-order valence-electron chi connectivity index (χ0n) is 11.3.